The standard InChI is InChI=1S/C15H31NO/c1-12(2)8-15(9-13(3)4)16-10-14-6-5-7-17-11-14/h12-16H,5-11H2,1-4H3. The van der Waals surface area contributed by atoms with Crippen LogP contribution in [0.15, 0.2) is 0 Å². The molecule has 1 aliphatic rings. The summed E-state index contributed by atoms with van der Waals surface area (Å²) >= 11 is 0. The molecule has 1 rings (SSSR count). The lowest BCUT2D eigenvalue weighted by Gasteiger charge is -2.27. The van der Waals surface area contributed by atoms with Crippen LogP contribution in [0.3, 0.4) is 0 Å². The molecule has 0 amide bonds. The highest BCUT2D eigenvalue weighted by atomic mass is 16.5. The van der Waals surface area contributed by atoms with E-state index in [0.717, 1.165) is 37.5 Å². The molecule has 0 saturated carbocycles. The Hall–Kier alpha value is -0.0800. The van der Waals surface area contributed by atoms with Gasteiger partial charge in [-0.2, -0.15) is 0 Å². The van der Waals surface area contributed by atoms with Crippen LogP contribution in [0.4, 0.5) is 0 Å². The molecule has 0 aliphatic carbocycles. The van der Waals surface area contributed by atoms with Crippen molar-refractivity contribution in [3.05, 3.63) is 0 Å². The predicted molar refractivity (Wildman–Crippen MR) is 74.2 cm³/mol. The van der Waals surface area contributed by atoms with Crippen LogP contribution in [0.1, 0.15) is 53.4 Å². The average Bonchev–Trinajstić information content (AvgIpc) is 2.26. The van der Waals surface area contributed by atoms with Gasteiger partial charge in [-0.15, -0.1) is 0 Å². The van der Waals surface area contributed by atoms with Crippen molar-refractivity contribution in [3.63, 3.8) is 0 Å². The predicted octanol–water partition coefficient (Wildman–Crippen LogP) is 3.46. The summed E-state index contributed by atoms with van der Waals surface area (Å²) in [5.41, 5.74) is 0. The molecule has 102 valence electrons. The van der Waals surface area contributed by atoms with E-state index in [0.29, 0.717) is 6.04 Å². The molecule has 1 unspecified atom stereocenters. The summed E-state index contributed by atoms with van der Waals surface area (Å²) in [6.45, 7) is 12.3. The molecule has 1 aliphatic heterocycles. The summed E-state index contributed by atoms with van der Waals surface area (Å²) in [6.07, 6.45) is 5.17. The van der Waals surface area contributed by atoms with E-state index in [-0.39, 0.29) is 0 Å². The SMILES string of the molecule is CC(C)CC(CC(C)C)NCC1CCCOC1. The number of hydrogen-bond acceptors (Lipinski definition) is 2. The third-order valence-electron chi connectivity index (χ3n) is 3.46. The lowest BCUT2D eigenvalue weighted by atomic mass is 9.94. The van der Waals surface area contributed by atoms with E-state index >= 15 is 0 Å². The Balaban J connectivity index is 2.26. The smallest absolute Gasteiger partial charge is 0.0506 e. The van der Waals surface area contributed by atoms with Gasteiger partial charge in [-0.3, -0.25) is 0 Å². The second-order valence-electron chi connectivity index (χ2n) is 6.45. The van der Waals surface area contributed by atoms with Gasteiger partial charge in [-0.25, -0.2) is 0 Å². The lowest BCUT2D eigenvalue weighted by molar-refractivity contribution is 0.0532. The highest BCUT2D eigenvalue weighted by molar-refractivity contribution is 4.74. The van der Waals surface area contributed by atoms with Crippen LogP contribution in [0.2, 0.25) is 0 Å². The molecule has 1 saturated heterocycles. The van der Waals surface area contributed by atoms with Crippen molar-refractivity contribution in [1.29, 1.82) is 0 Å². The summed E-state index contributed by atoms with van der Waals surface area (Å²) in [6, 6.07) is 0.692. The Morgan fingerprint density at radius 2 is 1.76 bits per heavy atom. The topological polar surface area (TPSA) is 21.3 Å². The quantitative estimate of drug-likeness (QED) is 0.737. The van der Waals surface area contributed by atoms with Crippen LogP contribution in [0, 0.1) is 17.8 Å². The molecule has 17 heavy (non-hydrogen) atoms. The summed E-state index contributed by atoms with van der Waals surface area (Å²) in [5, 5.41) is 3.77. The summed E-state index contributed by atoms with van der Waals surface area (Å²) in [4.78, 5) is 0. The van der Waals surface area contributed by atoms with Gasteiger partial charge >= 0.3 is 0 Å². The van der Waals surface area contributed by atoms with Gasteiger partial charge in [0.05, 0.1) is 6.61 Å². The number of rotatable bonds is 7. The van der Waals surface area contributed by atoms with E-state index in [1.807, 2.05) is 0 Å². The third kappa shape index (κ3) is 7.05. The molecule has 1 fully saturated rings. The molecule has 1 heterocycles. The zero-order valence-electron chi connectivity index (χ0n) is 12.2. The zero-order chi connectivity index (χ0) is 12.7. The van der Waals surface area contributed by atoms with Gasteiger partial charge in [0.25, 0.3) is 0 Å². The second kappa shape index (κ2) is 8.10. The minimum Gasteiger partial charge on any atom is -0.381 e. The van der Waals surface area contributed by atoms with E-state index < -0.39 is 0 Å². The van der Waals surface area contributed by atoms with Gasteiger partial charge in [0.15, 0.2) is 0 Å². The van der Waals surface area contributed by atoms with Crippen LogP contribution in [-0.4, -0.2) is 25.8 Å². The minimum absolute atomic E-state index is 0.692. The van der Waals surface area contributed by atoms with Crippen LogP contribution < -0.4 is 5.32 Å². The van der Waals surface area contributed by atoms with Crippen molar-refractivity contribution in [3.8, 4) is 0 Å². The first kappa shape index (κ1) is 15.0. The van der Waals surface area contributed by atoms with Crippen molar-refractivity contribution >= 4 is 0 Å². The van der Waals surface area contributed by atoms with Crippen LogP contribution in [-0.2, 0) is 4.74 Å². The van der Waals surface area contributed by atoms with Gasteiger partial charge < -0.3 is 10.1 Å². The summed E-state index contributed by atoms with van der Waals surface area (Å²) < 4.78 is 5.54. The maximum Gasteiger partial charge on any atom is 0.0506 e. The number of ether oxygens (including phenoxy) is 1. The van der Waals surface area contributed by atoms with Crippen LogP contribution in [0.5, 0.6) is 0 Å². The molecule has 0 aromatic heterocycles. The lowest BCUT2D eigenvalue weighted by Crippen LogP contribution is -2.37. The molecule has 0 aromatic carbocycles. The van der Waals surface area contributed by atoms with E-state index in [4.69, 9.17) is 4.74 Å². The molecule has 0 aromatic rings. The molecule has 1 N–H and O–H groups in total. The fourth-order valence-corrected chi connectivity index (χ4v) is 2.70. The number of nitrogens with one attached hydrogen (secondary N) is 1. The third-order valence-corrected chi connectivity index (χ3v) is 3.46. The van der Waals surface area contributed by atoms with Gasteiger partial charge in [-0.1, -0.05) is 27.7 Å². The molecule has 2 heteroatoms. The van der Waals surface area contributed by atoms with E-state index in [1.54, 1.807) is 0 Å². The molecule has 0 bridgehead atoms. The maximum atomic E-state index is 5.54. The highest BCUT2D eigenvalue weighted by Crippen LogP contribution is 2.16. The molecule has 1 atom stereocenters. The van der Waals surface area contributed by atoms with Gasteiger partial charge in [0.1, 0.15) is 0 Å². The van der Waals surface area contributed by atoms with Crippen LogP contribution in [0.25, 0.3) is 0 Å². The van der Waals surface area contributed by atoms with Gasteiger partial charge in [0, 0.05) is 19.2 Å². The van der Waals surface area contributed by atoms with E-state index in [2.05, 4.69) is 33.0 Å². The van der Waals surface area contributed by atoms with Gasteiger partial charge in [-0.05, 0) is 43.4 Å². The van der Waals surface area contributed by atoms with Crippen molar-refractivity contribution in [2.75, 3.05) is 19.8 Å². The molecular weight excluding hydrogens is 210 g/mol. The molecular formula is C15H31NO. The Kier molecular flexibility index (Phi) is 7.14. The van der Waals surface area contributed by atoms with Gasteiger partial charge in [0.2, 0.25) is 0 Å². The Morgan fingerprint density at radius 1 is 1.12 bits per heavy atom. The largest absolute Gasteiger partial charge is 0.381 e. The monoisotopic (exact) mass is 241 g/mol. The first-order valence-corrected chi connectivity index (χ1v) is 7.39. The zero-order valence-corrected chi connectivity index (χ0v) is 12.2. The van der Waals surface area contributed by atoms with Crippen LogP contribution >= 0.6 is 0 Å². The van der Waals surface area contributed by atoms with Crippen molar-refractivity contribution < 1.29 is 4.74 Å². The highest BCUT2D eigenvalue weighted by Gasteiger charge is 2.17. The Morgan fingerprint density at radius 3 is 2.24 bits per heavy atom. The van der Waals surface area contributed by atoms with E-state index in [9.17, 15) is 0 Å². The normalized spacial score (nSPS) is 21.7. The average molecular weight is 241 g/mol. The maximum absolute atomic E-state index is 5.54. The number of hydrogen-bond donors (Lipinski definition) is 1. The van der Waals surface area contributed by atoms with Crippen molar-refractivity contribution in [2.24, 2.45) is 17.8 Å². The Bertz CT molecular complexity index is 175. The minimum atomic E-state index is 0.692. The van der Waals surface area contributed by atoms with E-state index in [1.165, 1.54) is 25.7 Å². The second-order valence-corrected chi connectivity index (χ2v) is 6.45. The molecule has 0 radical (unpaired) electrons. The first-order chi connectivity index (χ1) is 8.08. The Labute approximate surface area is 108 Å². The molecule has 0 spiro atoms. The fraction of sp³-hybridized carbons (Fsp3) is 1.00. The molecule has 2 nitrogen and oxygen atoms in total. The summed E-state index contributed by atoms with van der Waals surface area (Å²) in [5.74, 6) is 2.31. The summed E-state index contributed by atoms with van der Waals surface area (Å²) in [7, 11) is 0. The van der Waals surface area contributed by atoms with Crippen molar-refractivity contribution in [2.45, 2.75) is 59.4 Å². The first-order valence-electron chi connectivity index (χ1n) is 7.39. The van der Waals surface area contributed by atoms with Crippen molar-refractivity contribution in [1.82, 2.24) is 5.32 Å². The fourth-order valence-electron chi connectivity index (χ4n) is 2.70.